The van der Waals surface area contributed by atoms with Crippen LogP contribution in [0.15, 0.2) is 17.0 Å². The van der Waals surface area contributed by atoms with Crippen LogP contribution in [0, 0.1) is 6.92 Å². The lowest BCUT2D eigenvalue weighted by Crippen LogP contribution is -2.52. The third-order valence-corrected chi connectivity index (χ3v) is 6.61. The maximum atomic E-state index is 11.5. The topological polar surface area (TPSA) is 53.7 Å². The molecule has 1 amide bonds. The number of aryl methyl sites for hydroxylation is 1. The zero-order chi connectivity index (χ0) is 18.3. The molecule has 1 saturated carbocycles. The molecule has 0 spiro atoms. The molecule has 7 heteroatoms. The number of piperazine rings is 1. The van der Waals surface area contributed by atoms with Crippen LogP contribution in [-0.2, 0) is 4.79 Å². The fourth-order valence-electron chi connectivity index (χ4n) is 4.56. The number of halogens is 1. The maximum absolute atomic E-state index is 11.5. The van der Waals surface area contributed by atoms with Gasteiger partial charge in [-0.25, -0.2) is 4.98 Å². The molecular weight excluding hydrogens is 394 g/mol. The van der Waals surface area contributed by atoms with E-state index in [9.17, 15) is 4.79 Å². The van der Waals surface area contributed by atoms with E-state index in [2.05, 4.69) is 30.2 Å². The van der Waals surface area contributed by atoms with Crippen molar-refractivity contribution >= 4 is 27.4 Å². The van der Waals surface area contributed by atoms with Crippen LogP contribution in [-0.4, -0.2) is 62.3 Å². The van der Waals surface area contributed by atoms with Gasteiger partial charge in [-0.2, -0.15) is 0 Å². The van der Waals surface area contributed by atoms with Gasteiger partial charge in [0.25, 0.3) is 0 Å². The van der Waals surface area contributed by atoms with E-state index in [-0.39, 0.29) is 5.91 Å². The van der Waals surface area contributed by atoms with Crippen molar-refractivity contribution in [3.63, 3.8) is 0 Å². The second kappa shape index (κ2) is 7.27. The van der Waals surface area contributed by atoms with Crippen molar-refractivity contribution in [2.75, 3.05) is 26.2 Å². The van der Waals surface area contributed by atoms with Gasteiger partial charge in [-0.05, 0) is 48.5 Å². The molecule has 2 aliphatic rings. The Morgan fingerprint density at radius 3 is 2.50 bits per heavy atom. The summed E-state index contributed by atoms with van der Waals surface area (Å²) in [6.07, 6.45) is 8.65. The van der Waals surface area contributed by atoms with E-state index in [1.165, 1.54) is 25.7 Å². The largest absolute Gasteiger partial charge is 0.340 e. The molecular formula is C19H26BrN5O. The van der Waals surface area contributed by atoms with Crippen LogP contribution >= 0.6 is 15.9 Å². The van der Waals surface area contributed by atoms with Gasteiger partial charge in [-0.15, -0.1) is 0 Å². The number of carbonyl (C=O) groups excluding carboxylic acids is 1. The normalized spacial score (nSPS) is 25.0. The van der Waals surface area contributed by atoms with Gasteiger partial charge in [0.1, 0.15) is 15.9 Å². The number of nitrogens with zero attached hydrogens (tertiary/aromatic N) is 5. The van der Waals surface area contributed by atoms with Crippen LogP contribution in [0.5, 0.6) is 0 Å². The Kier molecular flexibility index (Phi) is 5.01. The fraction of sp³-hybridized carbons (Fsp3) is 0.632. The summed E-state index contributed by atoms with van der Waals surface area (Å²) in [6, 6.07) is 0.651. The molecule has 2 fully saturated rings. The number of carbonyl (C=O) groups is 1. The minimum atomic E-state index is 0.204. The molecule has 2 aromatic heterocycles. The van der Waals surface area contributed by atoms with Crippen LogP contribution in [0.4, 0.5) is 0 Å². The minimum Gasteiger partial charge on any atom is -0.340 e. The summed E-state index contributed by atoms with van der Waals surface area (Å²) in [5.74, 6) is 1.87. The van der Waals surface area contributed by atoms with E-state index in [1.54, 1.807) is 6.92 Å². The fourth-order valence-corrected chi connectivity index (χ4v) is 5.22. The van der Waals surface area contributed by atoms with Gasteiger partial charge in [0.2, 0.25) is 5.91 Å². The quantitative estimate of drug-likeness (QED) is 0.750. The third kappa shape index (κ3) is 3.27. The SMILES string of the molecule is CC(=O)N1CCN(C2CCC(c3nc(Br)c4c(C)nccn34)CC2)CC1. The second-order valence-corrected chi connectivity index (χ2v) is 8.29. The highest BCUT2D eigenvalue weighted by atomic mass is 79.9. The first-order valence-electron chi connectivity index (χ1n) is 9.53. The summed E-state index contributed by atoms with van der Waals surface area (Å²) in [4.78, 5) is 25.3. The van der Waals surface area contributed by atoms with Crippen LogP contribution in [0.2, 0.25) is 0 Å². The number of hydrogen-bond acceptors (Lipinski definition) is 4. The van der Waals surface area contributed by atoms with Gasteiger partial charge in [0, 0.05) is 57.5 Å². The Labute approximate surface area is 162 Å². The van der Waals surface area contributed by atoms with E-state index in [1.807, 2.05) is 24.2 Å². The van der Waals surface area contributed by atoms with Gasteiger partial charge in [0.15, 0.2) is 0 Å². The van der Waals surface area contributed by atoms with Gasteiger partial charge < -0.3 is 4.90 Å². The van der Waals surface area contributed by atoms with Crippen molar-refractivity contribution in [3.8, 4) is 0 Å². The molecule has 1 aliphatic heterocycles. The first-order valence-corrected chi connectivity index (χ1v) is 10.3. The Morgan fingerprint density at radius 1 is 1.15 bits per heavy atom. The first kappa shape index (κ1) is 17.9. The van der Waals surface area contributed by atoms with Crippen molar-refractivity contribution in [3.05, 3.63) is 28.5 Å². The Hall–Kier alpha value is -1.47. The summed E-state index contributed by atoms with van der Waals surface area (Å²) in [5.41, 5.74) is 2.10. The van der Waals surface area contributed by atoms with Crippen LogP contribution in [0.1, 0.15) is 50.0 Å². The molecule has 140 valence electrons. The van der Waals surface area contributed by atoms with Crippen molar-refractivity contribution in [1.29, 1.82) is 0 Å². The average molecular weight is 420 g/mol. The molecule has 1 saturated heterocycles. The van der Waals surface area contributed by atoms with Crippen LogP contribution < -0.4 is 0 Å². The summed E-state index contributed by atoms with van der Waals surface area (Å²) in [7, 11) is 0. The molecule has 0 radical (unpaired) electrons. The third-order valence-electron chi connectivity index (χ3n) is 6.06. The molecule has 0 atom stereocenters. The lowest BCUT2D eigenvalue weighted by atomic mass is 9.84. The lowest BCUT2D eigenvalue weighted by Gasteiger charge is -2.41. The predicted molar refractivity (Wildman–Crippen MR) is 104 cm³/mol. The highest BCUT2D eigenvalue weighted by Gasteiger charge is 2.31. The van der Waals surface area contributed by atoms with Crippen LogP contribution in [0.3, 0.4) is 0 Å². The van der Waals surface area contributed by atoms with E-state index in [0.717, 1.165) is 47.8 Å². The van der Waals surface area contributed by atoms with Crippen molar-refractivity contribution in [2.24, 2.45) is 0 Å². The molecule has 0 aromatic carbocycles. The highest BCUT2D eigenvalue weighted by molar-refractivity contribution is 9.10. The number of hydrogen-bond donors (Lipinski definition) is 0. The van der Waals surface area contributed by atoms with E-state index in [0.29, 0.717) is 12.0 Å². The van der Waals surface area contributed by atoms with Crippen molar-refractivity contribution in [2.45, 2.75) is 51.5 Å². The summed E-state index contributed by atoms with van der Waals surface area (Å²) < 4.78 is 3.11. The molecule has 0 unspecified atom stereocenters. The highest BCUT2D eigenvalue weighted by Crippen LogP contribution is 2.36. The Bertz CT molecular complexity index is 804. The summed E-state index contributed by atoms with van der Waals surface area (Å²) in [5, 5.41) is 0. The Morgan fingerprint density at radius 2 is 1.85 bits per heavy atom. The smallest absolute Gasteiger partial charge is 0.219 e. The molecule has 4 rings (SSSR count). The van der Waals surface area contributed by atoms with Crippen LogP contribution in [0.25, 0.3) is 5.52 Å². The molecule has 0 bridgehead atoms. The summed E-state index contributed by atoms with van der Waals surface area (Å²) in [6.45, 7) is 7.47. The molecule has 3 heterocycles. The molecule has 2 aromatic rings. The van der Waals surface area contributed by atoms with Crippen molar-refractivity contribution in [1.82, 2.24) is 24.2 Å². The zero-order valence-corrected chi connectivity index (χ0v) is 17.1. The van der Waals surface area contributed by atoms with E-state index >= 15 is 0 Å². The van der Waals surface area contributed by atoms with E-state index < -0.39 is 0 Å². The standard InChI is InChI=1S/C19H26BrN5O/c1-13-17-18(20)22-19(25(17)8-7-21-13)15-3-5-16(6-4-15)24-11-9-23(10-12-24)14(2)26/h7-8,15-16H,3-6,9-12H2,1-2H3. The first-order chi connectivity index (χ1) is 12.5. The number of imidazole rings is 1. The number of amides is 1. The number of rotatable bonds is 2. The van der Waals surface area contributed by atoms with Gasteiger partial charge >= 0.3 is 0 Å². The minimum absolute atomic E-state index is 0.204. The molecule has 26 heavy (non-hydrogen) atoms. The maximum Gasteiger partial charge on any atom is 0.219 e. The second-order valence-electron chi connectivity index (χ2n) is 7.54. The number of aromatic nitrogens is 3. The van der Waals surface area contributed by atoms with Gasteiger partial charge in [0.05, 0.1) is 5.69 Å². The average Bonchev–Trinajstić information content (AvgIpc) is 3.00. The molecule has 1 aliphatic carbocycles. The molecule has 0 N–H and O–H groups in total. The lowest BCUT2D eigenvalue weighted by molar-refractivity contribution is -0.131. The number of fused-ring (bicyclic) bond motifs is 1. The Balaban J connectivity index is 1.42. The summed E-state index contributed by atoms with van der Waals surface area (Å²) >= 11 is 3.61. The van der Waals surface area contributed by atoms with Gasteiger partial charge in [-0.1, -0.05) is 0 Å². The molecule has 6 nitrogen and oxygen atoms in total. The van der Waals surface area contributed by atoms with Gasteiger partial charge in [-0.3, -0.25) is 19.1 Å². The van der Waals surface area contributed by atoms with Crippen molar-refractivity contribution < 1.29 is 4.79 Å². The van der Waals surface area contributed by atoms with E-state index in [4.69, 9.17) is 4.98 Å². The predicted octanol–water partition coefficient (Wildman–Crippen LogP) is 2.99. The monoisotopic (exact) mass is 419 g/mol. The zero-order valence-electron chi connectivity index (χ0n) is 15.5.